The summed E-state index contributed by atoms with van der Waals surface area (Å²) in [6.07, 6.45) is 1.92. The van der Waals surface area contributed by atoms with E-state index in [4.69, 9.17) is 0 Å². The number of rotatable bonds is 5. The zero-order chi connectivity index (χ0) is 17.6. The van der Waals surface area contributed by atoms with Gasteiger partial charge in [0.1, 0.15) is 0 Å². The highest BCUT2D eigenvalue weighted by Gasteiger charge is 2.11. The van der Waals surface area contributed by atoms with Gasteiger partial charge in [-0.15, -0.1) is 0 Å². The van der Waals surface area contributed by atoms with Gasteiger partial charge in [0, 0.05) is 17.1 Å². The molecule has 0 atom stereocenters. The van der Waals surface area contributed by atoms with E-state index in [-0.39, 0.29) is 5.78 Å². The van der Waals surface area contributed by atoms with E-state index in [1.54, 1.807) is 6.92 Å². The number of Topliss-reactive ketones (excluding diaryl/α,β-unsaturated/α-hetero) is 1. The second-order valence-corrected chi connectivity index (χ2v) is 5.98. The van der Waals surface area contributed by atoms with Crippen molar-refractivity contribution in [1.29, 1.82) is 0 Å². The molecule has 3 aromatic carbocycles. The highest BCUT2D eigenvalue weighted by molar-refractivity contribution is 5.97. The van der Waals surface area contributed by atoms with E-state index >= 15 is 0 Å². The third-order valence-electron chi connectivity index (χ3n) is 4.12. The fourth-order valence-electron chi connectivity index (χ4n) is 2.67. The molecule has 0 aliphatic carbocycles. The molecule has 0 fully saturated rings. The zero-order valence-corrected chi connectivity index (χ0v) is 14.5. The number of allylic oxidation sites excluding steroid dienone is 1. The van der Waals surface area contributed by atoms with Crippen LogP contribution in [0.3, 0.4) is 0 Å². The number of carbonyl (C=O) groups excluding carboxylic acids is 1. The summed E-state index contributed by atoms with van der Waals surface area (Å²) in [6.45, 7) is 3.43. The normalized spacial score (nSPS) is 11.2. The van der Waals surface area contributed by atoms with E-state index in [1.165, 1.54) is 0 Å². The van der Waals surface area contributed by atoms with Crippen LogP contribution < -0.4 is 4.90 Å². The van der Waals surface area contributed by atoms with Gasteiger partial charge < -0.3 is 4.90 Å². The first-order valence-electron chi connectivity index (χ1n) is 8.35. The van der Waals surface area contributed by atoms with Crippen LogP contribution in [0.2, 0.25) is 0 Å². The van der Waals surface area contributed by atoms with Gasteiger partial charge in [-0.2, -0.15) is 0 Å². The van der Waals surface area contributed by atoms with E-state index in [0.717, 1.165) is 28.2 Å². The van der Waals surface area contributed by atoms with Crippen LogP contribution >= 0.6 is 0 Å². The van der Waals surface area contributed by atoms with Crippen molar-refractivity contribution >= 4 is 28.9 Å². The van der Waals surface area contributed by atoms with E-state index < -0.39 is 0 Å². The molecule has 2 nitrogen and oxygen atoms in total. The van der Waals surface area contributed by atoms with Crippen molar-refractivity contribution in [2.24, 2.45) is 0 Å². The van der Waals surface area contributed by atoms with Gasteiger partial charge in [0.25, 0.3) is 0 Å². The number of ketones is 1. The molecule has 0 saturated heterocycles. The first-order valence-corrected chi connectivity index (χ1v) is 8.35. The van der Waals surface area contributed by atoms with E-state index in [1.807, 2.05) is 61.5 Å². The predicted octanol–water partition coefficient (Wildman–Crippen LogP) is 6.15. The lowest BCUT2D eigenvalue weighted by Crippen LogP contribution is -2.09. The Bertz CT molecular complexity index is 825. The molecule has 0 amide bonds. The number of carbonyl (C=O) groups is 1. The van der Waals surface area contributed by atoms with Gasteiger partial charge in [0.15, 0.2) is 5.78 Å². The Labute approximate surface area is 149 Å². The van der Waals surface area contributed by atoms with Gasteiger partial charge in [-0.25, -0.2) is 0 Å². The molecular weight excluding hydrogens is 306 g/mol. The van der Waals surface area contributed by atoms with E-state index in [0.29, 0.717) is 0 Å². The number of hydrogen-bond acceptors (Lipinski definition) is 2. The highest BCUT2D eigenvalue weighted by atomic mass is 16.1. The molecule has 3 rings (SSSR count). The number of anilines is 3. The molecule has 0 N–H and O–H groups in total. The molecule has 3 aromatic rings. The summed E-state index contributed by atoms with van der Waals surface area (Å²) in [5.74, 6) is 0.0966. The first kappa shape index (κ1) is 16.7. The van der Waals surface area contributed by atoms with Gasteiger partial charge in [-0.05, 0) is 67.5 Å². The Morgan fingerprint density at radius 2 is 1.12 bits per heavy atom. The highest BCUT2D eigenvalue weighted by Crippen LogP contribution is 2.34. The Morgan fingerprint density at radius 3 is 1.56 bits per heavy atom. The maximum absolute atomic E-state index is 11.4. The molecule has 0 heterocycles. The lowest BCUT2D eigenvalue weighted by Gasteiger charge is -2.25. The van der Waals surface area contributed by atoms with Crippen molar-refractivity contribution in [2.45, 2.75) is 13.8 Å². The van der Waals surface area contributed by atoms with Crippen molar-refractivity contribution in [3.8, 4) is 0 Å². The maximum atomic E-state index is 11.4. The molecule has 0 radical (unpaired) electrons. The van der Waals surface area contributed by atoms with Crippen LogP contribution in [0.15, 0.2) is 90.5 Å². The molecule has 0 saturated carbocycles. The Hall–Kier alpha value is -3.13. The van der Waals surface area contributed by atoms with Crippen LogP contribution in [-0.4, -0.2) is 5.78 Å². The van der Waals surface area contributed by atoms with Gasteiger partial charge in [-0.1, -0.05) is 48.5 Å². The summed E-state index contributed by atoms with van der Waals surface area (Å²) >= 11 is 0. The standard InChI is InChI=1S/C23H21NO/c1-18(19(2)25)17-20-13-15-23(16-14-20)24(21-9-5-3-6-10-21)22-11-7-4-8-12-22/h3-17H,1-2H3/b18-17-. The van der Waals surface area contributed by atoms with Crippen molar-refractivity contribution in [1.82, 2.24) is 0 Å². The molecule has 0 aliphatic rings. The fourth-order valence-corrected chi connectivity index (χ4v) is 2.67. The second-order valence-electron chi connectivity index (χ2n) is 5.98. The van der Waals surface area contributed by atoms with E-state index in [2.05, 4.69) is 41.3 Å². The Balaban J connectivity index is 2.00. The lowest BCUT2D eigenvalue weighted by atomic mass is 10.1. The van der Waals surface area contributed by atoms with Gasteiger partial charge in [0.05, 0.1) is 0 Å². The average Bonchev–Trinajstić information content (AvgIpc) is 2.65. The molecule has 0 unspecified atom stereocenters. The average molecular weight is 327 g/mol. The summed E-state index contributed by atoms with van der Waals surface area (Å²) in [6, 6.07) is 28.8. The van der Waals surface area contributed by atoms with E-state index in [9.17, 15) is 4.79 Å². The topological polar surface area (TPSA) is 20.3 Å². The zero-order valence-electron chi connectivity index (χ0n) is 14.5. The predicted molar refractivity (Wildman–Crippen MR) is 105 cm³/mol. The molecule has 124 valence electrons. The van der Waals surface area contributed by atoms with Crippen LogP contribution in [0.1, 0.15) is 19.4 Å². The number of hydrogen-bond donors (Lipinski definition) is 0. The Morgan fingerprint density at radius 1 is 0.680 bits per heavy atom. The number of para-hydroxylation sites is 2. The second kappa shape index (κ2) is 7.63. The maximum Gasteiger partial charge on any atom is 0.155 e. The number of nitrogens with zero attached hydrogens (tertiary/aromatic N) is 1. The summed E-state index contributed by atoms with van der Waals surface area (Å²) < 4.78 is 0. The summed E-state index contributed by atoms with van der Waals surface area (Å²) in [5.41, 5.74) is 5.08. The van der Waals surface area contributed by atoms with Crippen LogP contribution in [0.4, 0.5) is 17.1 Å². The Kier molecular flexibility index (Phi) is 5.10. The minimum absolute atomic E-state index is 0.0966. The molecule has 0 aromatic heterocycles. The molecule has 0 aliphatic heterocycles. The van der Waals surface area contributed by atoms with Crippen molar-refractivity contribution in [3.05, 3.63) is 96.1 Å². The lowest BCUT2D eigenvalue weighted by molar-refractivity contribution is -0.113. The van der Waals surface area contributed by atoms with Gasteiger partial charge in [-0.3, -0.25) is 4.79 Å². The minimum Gasteiger partial charge on any atom is -0.311 e. The minimum atomic E-state index is 0.0966. The summed E-state index contributed by atoms with van der Waals surface area (Å²) in [4.78, 5) is 13.6. The summed E-state index contributed by atoms with van der Waals surface area (Å²) in [7, 11) is 0. The smallest absolute Gasteiger partial charge is 0.155 e. The molecule has 0 spiro atoms. The quantitative estimate of drug-likeness (QED) is 0.524. The SMILES string of the molecule is CC(=O)/C(C)=C\c1ccc(N(c2ccccc2)c2ccccc2)cc1. The third kappa shape index (κ3) is 4.04. The summed E-state index contributed by atoms with van der Waals surface area (Å²) in [5, 5.41) is 0. The van der Waals surface area contributed by atoms with Gasteiger partial charge >= 0.3 is 0 Å². The number of benzene rings is 3. The fraction of sp³-hybridized carbons (Fsp3) is 0.0870. The third-order valence-corrected chi connectivity index (χ3v) is 4.12. The van der Waals surface area contributed by atoms with Crippen LogP contribution in [0, 0.1) is 0 Å². The van der Waals surface area contributed by atoms with Gasteiger partial charge in [0.2, 0.25) is 0 Å². The van der Waals surface area contributed by atoms with Crippen LogP contribution in [0.5, 0.6) is 0 Å². The van der Waals surface area contributed by atoms with Crippen LogP contribution in [-0.2, 0) is 4.79 Å². The van der Waals surface area contributed by atoms with Crippen molar-refractivity contribution in [2.75, 3.05) is 4.90 Å². The monoisotopic (exact) mass is 327 g/mol. The van der Waals surface area contributed by atoms with Crippen LogP contribution in [0.25, 0.3) is 6.08 Å². The largest absolute Gasteiger partial charge is 0.311 e. The van der Waals surface area contributed by atoms with Crippen molar-refractivity contribution < 1.29 is 4.79 Å². The molecule has 2 heteroatoms. The molecular formula is C23H21NO. The van der Waals surface area contributed by atoms with Crippen molar-refractivity contribution in [3.63, 3.8) is 0 Å². The first-order chi connectivity index (χ1) is 12.1. The molecule has 0 bridgehead atoms. The molecule has 25 heavy (non-hydrogen) atoms.